The summed E-state index contributed by atoms with van der Waals surface area (Å²) in [5.41, 5.74) is 0.223. The molecule has 0 spiro atoms. The molecule has 1 aromatic rings. The minimum atomic E-state index is -4.23. The van der Waals surface area contributed by atoms with E-state index >= 15 is 0 Å². The fourth-order valence-electron chi connectivity index (χ4n) is 1.49. The van der Waals surface area contributed by atoms with Crippen LogP contribution in [-0.2, 0) is 6.18 Å². The molecule has 1 fully saturated rings. The topological polar surface area (TPSA) is 12.0 Å². The average Bonchev–Trinajstić information content (AvgIpc) is 2.00. The van der Waals surface area contributed by atoms with Crippen LogP contribution < -0.4 is 5.32 Å². The molecule has 0 atom stereocenters. The molecule has 1 aromatic carbocycles. The lowest BCUT2D eigenvalue weighted by Crippen LogP contribution is -2.39. The lowest BCUT2D eigenvalue weighted by Gasteiger charge is -2.27. The fraction of sp³-hybridized carbons (Fsp3) is 0.400. The van der Waals surface area contributed by atoms with E-state index in [-0.39, 0.29) is 18.3 Å². The van der Waals surface area contributed by atoms with Crippen molar-refractivity contribution in [3.8, 4) is 0 Å². The van der Waals surface area contributed by atoms with E-state index in [0.717, 1.165) is 24.7 Å². The van der Waals surface area contributed by atoms with Gasteiger partial charge in [-0.3, -0.25) is 0 Å². The van der Waals surface area contributed by atoms with Gasteiger partial charge in [0.25, 0.3) is 0 Å². The summed E-state index contributed by atoms with van der Waals surface area (Å²) in [6, 6.07) is 5.57. The van der Waals surface area contributed by atoms with Crippen molar-refractivity contribution < 1.29 is 13.2 Å². The molecule has 0 aliphatic carbocycles. The molecule has 0 aromatic heterocycles. The SMILES string of the molecule is Cl.FC(F)(F)c1cccc(C2CNC2)c1. The predicted octanol–water partition coefficient (Wildman–Crippen LogP) is 2.81. The predicted molar refractivity (Wildman–Crippen MR) is 54.3 cm³/mol. The monoisotopic (exact) mass is 237 g/mol. The largest absolute Gasteiger partial charge is 0.416 e. The van der Waals surface area contributed by atoms with Crippen LogP contribution in [0.2, 0.25) is 0 Å². The summed E-state index contributed by atoms with van der Waals surface area (Å²) < 4.78 is 37.0. The van der Waals surface area contributed by atoms with Crippen molar-refractivity contribution in [1.29, 1.82) is 0 Å². The second-order valence-corrected chi connectivity index (χ2v) is 3.48. The molecule has 0 saturated carbocycles. The van der Waals surface area contributed by atoms with Crippen LogP contribution in [0.15, 0.2) is 24.3 Å². The highest BCUT2D eigenvalue weighted by Crippen LogP contribution is 2.31. The van der Waals surface area contributed by atoms with Crippen LogP contribution in [0.5, 0.6) is 0 Å². The first-order valence-corrected chi connectivity index (χ1v) is 4.45. The molecule has 1 saturated heterocycles. The summed E-state index contributed by atoms with van der Waals surface area (Å²) in [4.78, 5) is 0. The Morgan fingerprint density at radius 1 is 1.20 bits per heavy atom. The van der Waals surface area contributed by atoms with Crippen LogP contribution in [-0.4, -0.2) is 13.1 Å². The van der Waals surface area contributed by atoms with Crippen molar-refractivity contribution in [3.05, 3.63) is 35.4 Å². The fourth-order valence-corrected chi connectivity index (χ4v) is 1.49. The average molecular weight is 238 g/mol. The Bertz CT molecular complexity index is 334. The molecule has 15 heavy (non-hydrogen) atoms. The zero-order chi connectivity index (χ0) is 10.2. The van der Waals surface area contributed by atoms with Crippen LogP contribution >= 0.6 is 12.4 Å². The number of hydrogen-bond acceptors (Lipinski definition) is 1. The lowest BCUT2D eigenvalue weighted by atomic mass is 9.92. The van der Waals surface area contributed by atoms with Gasteiger partial charge in [-0.05, 0) is 11.6 Å². The van der Waals surface area contributed by atoms with E-state index in [1.807, 2.05) is 0 Å². The van der Waals surface area contributed by atoms with Gasteiger partial charge in [0, 0.05) is 19.0 Å². The van der Waals surface area contributed by atoms with Crippen LogP contribution in [0.3, 0.4) is 0 Å². The van der Waals surface area contributed by atoms with E-state index in [1.54, 1.807) is 6.07 Å². The molecular weight excluding hydrogens is 227 g/mol. The molecule has 1 N–H and O–H groups in total. The maximum absolute atomic E-state index is 12.3. The molecule has 0 unspecified atom stereocenters. The van der Waals surface area contributed by atoms with Gasteiger partial charge in [-0.15, -0.1) is 12.4 Å². The van der Waals surface area contributed by atoms with Crippen molar-refractivity contribution in [3.63, 3.8) is 0 Å². The number of hydrogen-bond donors (Lipinski definition) is 1. The molecule has 0 amide bonds. The van der Waals surface area contributed by atoms with Crippen LogP contribution in [0.4, 0.5) is 13.2 Å². The minimum Gasteiger partial charge on any atom is -0.315 e. The van der Waals surface area contributed by atoms with Gasteiger partial charge in [-0.2, -0.15) is 13.2 Å². The second kappa shape index (κ2) is 4.41. The molecule has 1 aliphatic rings. The maximum atomic E-state index is 12.3. The lowest BCUT2D eigenvalue weighted by molar-refractivity contribution is -0.137. The van der Waals surface area contributed by atoms with Crippen molar-refractivity contribution in [2.75, 3.05) is 13.1 Å². The first kappa shape index (κ1) is 12.3. The number of rotatable bonds is 1. The Morgan fingerprint density at radius 2 is 1.87 bits per heavy atom. The highest BCUT2D eigenvalue weighted by Gasteiger charge is 2.31. The first-order chi connectivity index (χ1) is 6.57. The summed E-state index contributed by atoms with van der Waals surface area (Å²) in [5, 5.41) is 3.04. The Balaban J connectivity index is 0.00000112. The summed E-state index contributed by atoms with van der Waals surface area (Å²) in [7, 11) is 0. The number of halogens is 4. The number of alkyl halides is 3. The van der Waals surface area contributed by atoms with E-state index in [0.29, 0.717) is 0 Å². The van der Waals surface area contributed by atoms with Crippen molar-refractivity contribution >= 4 is 12.4 Å². The quantitative estimate of drug-likeness (QED) is 0.792. The molecule has 0 bridgehead atoms. The first-order valence-electron chi connectivity index (χ1n) is 4.45. The van der Waals surface area contributed by atoms with Crippen LogP contribution in [0, 0.1) is 0 Å². The normalized spacial score (nSPS) is 16.7. The molecule has 1 aliphatic heterocycles. The highest BCUT2D eigenvalue weighted by molar-refractivity contribution is 5.85. The van der Waals surface area contributed by atoms with Crippen LogP contribution in [0.25, 0.3) is 0 Å². The van der Waals surface area contributed by atoms with Gasteiger partial charge >= 0.3 is 6.18 Å². The summed E-state index contributed by atoms with van der Waals surface area (Å²) in [6.07, 6.45) is -4.23. The van der Waals surface area contributed by atoms with Crippen molar-refractivity contribution in [2.24, 2.45) is 0 Å². The van der Waals surface area contributed by atoms with E-state index in [1.165, 1.54) is 12.1 Å². The molecule has 1 nitrogen and oxygen atoms in total. The smallest absolute Gasteiger partial charge is 0.315 e. The van der Waals surface area contributed by atoms with Gasteiger partial charge in [0.05, 0.1) is 5.56 Å². The van der Waals surface area contributed by atoms with Gasteiger partial charge in [-0.25, -0.2) is 0 Å². The third-order valence-electron chi connectivity index (χ3n) is 2.47. The van der Waals surface area contributed by atoms with E-state index < -0.39 is 11.7 Å². The summed E-state index contributed by atoms with van der Waals surface area (Å²) in [6.45, 7) is 1.56. The van der Waals surface area contributed by atoms with Gasteiger partial charge in [-0.1, -0.05) is 18.2 Å². The Labute approximate surface area is 92.1 Å². The number of nitrogens with one attached hydrogen (secondary N) is 1. The van der Waals surface area contributed by atoms with E-state index in [4.69, 9.17) is 0 Å². The second-order valence-electron chi connectivity index (χ2n) is 3.48. The van der Waals surface area contributed by atoms with Crippen LogP contribution in [0.1, 0.15) is 17.0 Å². The van der Waals surface area contributed by atoms with Gasteiger partial charge < -0.3 is 5.32 Å². The molecule has 0 radical (unpaired) electrons. The Hall–Kier alpha value is -0.740. The van der Waals surface area contributed by atoms with E-state index in [9.17, 15) is 13.2 Å². The third kappa shape index (κ3) is 2.63. The van der Waals surface area contributed by atoms with Gasteiger partial charge in [0.2, 0.25) is 0 Å². The van der Waals surface area contributed by atoms with Gasteiger partial charge in [0.1, 0.15) is 0 Å². The molecular formula is C10H11ClF3N. The molecule has 84 valence electrons. The molecule has 2 rings (SSSR count). The Morgan fingerprint density at radius 3 is 2.33 bits per heavy atom. The zero-order valence-electron chi connectivity index (χ0n) is 7.84. The minimum absolute atomic E-state index is 0. The van der Waals surface area contributed by atoms with Crippen molar-refractivity contribution in [2.45, 2.75) is 12.1 Å². The molecule has 5 heteroatoms. The Kier molecular flexibility index (Phi) is 3.62. The third-order valence-corrected chi connectivity index (χ3v) is 2.47. The summed E-state index contributed by atoms with van der Waals surface area (Å²) in [5.74, 6) is 0.247. The molecule has 1 heterocycles. The zero-order valence-corrected chi connectivity index (χ0v) is 8.66. The highest BCUT2D eigenvalue weighted by atomic mass is 35.5. The number of benzene rings is 1. The van der Waals surface area contributed by atoms with Crippen molar-refractivity contribution in [1.82, 2.24) is 5.32 Å². The van der Waals surface area contributed by atoms with E-state index in [2.05, 4.69) is 5.32 Å². The van der Waals surface area contributed by atoms with Gasteiger partial charge in [0.15, 0.2) is 0 Å². The standard InChI is InChI=1S/C10H10F3N.ClH/c11-10(12,13)9-3-1-2-7(4-9)8-5-14-6-8;/h1-4,8,14H,5-6H2;1H. The summed E-state index contributed by atoms with van der Waals surface area (Å²) >= 11 is 0. The maximum Gasteiger partial charge on any atom is 0.416 e.